The molecular weight excluding hydrogens is 256 g/mol. The van der Waals surface area contributed by atoms with Crippen LogP contribution in [0.5, 0.6) is 0 Å². The van der Waals surface area contributed by atoms with Crippen LogP contribution in [-0.4, -0.2) is 5.91 Å². The summed E-state index contributed by atoms with van der Waals surface area (Å²) < 4.78 is 25.2. The van der Waals surface area contributed by atoms with Crippen LogP contribution in [0, 0.1) is 0 Å². The number of amides is 1. The molecule has 1 amide bonds. The Morgan fingerprint density at radius 1 is 1.36 bits per heavy atom. The fraction of sp³-hybridized carbons (Fsp3) is 0.222. The van der Waals surface area contributed by atoms with Crippen LogP contribution >= 0.6 is 15.9 Å². The number of hydrogen-bond acceptors (Lipinski definition) is 1. The zero-order chi connectivity index (χ0) is 10.7. The average Bonchev–Trinajstić information content (AvgIpc) is 2.17. The molecule has 0 saturated carbocycles. The quantitative estimate of drug-likeness (QED) is 0.895. The van der Waals surface area contributed by atoms with Gasteiger partial charge in [0.1, 0.15) is 13.3 Å². The van der Waals surface area contributed by atoms with E-state index >= 15 is 0 Å². The zero-order valence-electron chi connectivity index (χ0n) is 7.19. The largest absolute Gasteiger partial charge is 0.366 e. The number of nitrogens with two attached hydrogens (primary N) is 1. The summed E-state index contributed by atoms with van der Waals surface area (Å²) in [6, 6.07) is 2.74. The van der Waals surface area contributed by atoms with E-state index in [2.05, 4.69) is 15.9 Å². The molecule has 1 aromatic rings. The highest BCUT2D eigenvalue weighted by Crippen LogP contribution is 2.26. The number of carbonyl (C=O) groups excluding carboxylic acids is 1. The van der Waals surface area contributed by atoms with Crippen molar-refractivity contribution in [2.45, 2.75) is 13.3 Å². The molecule has 0 fully saturated rings. The Bertz CT molecular complexity index is 368. The molecule has 0 unspecified atom stereocenters. The number of alkyl halides is 2. The predicted octanol–water partition coefficient (Wildman–Crippen LogP) is 2.49. The monoisotopic (exact) mass is 263 g/mol. The van der Waals surface area contributed by atoms with Gasteiger partial charge in [-0.1, -0.05) is 22.0 Å². The molecule has 0 aliphatic heterocycles. The van der Waals surface area contributed by atoms with Crippen LogP contribution in [0.15, 0.2) is 16.6 Å². The van der Waals surface area contributed by atoms with Crippen molar-refractivity contribution in [1.29, 1.82) is 0 Å². The Balaban J connectivity index is 3.35. The van der Waals surface area contributed by atoms with Crippen molar-refractivity contribution in [3.63, 3.8) is 0 Å². The molecule has 2 N–H and O–H groups in total. The maximum absolute atomic E-state index is 12.6. The van der Waals surface area contributed by atoms with Gasteiger partial charge in [0.2, 0.25) is 5.91 Å². The van der Waals surface area contributed by atoms with Gasteiger partial charge in [0.05, 0.1) is 0 Å². The van der Waals surface area contributed by atoms with Gasteiger partial charge in [0.15, 0.2) is 0 Å². The molecule has 1 aromatic carbocycles. The minimum atomic E-state index is -0.854. The van der Waals surface area contributed by atoms with E-state index in [0.717, 1.165) is 0 Å². The molecule has 1 rings (SSSR count). The molecule has 2 nitrogen and oxygen atoms in total. The molecule has 0 heterocycles. The topological polar surface area (TPSA) is 43.1 Å². The summed E-state index contributed by atoms with van der Waals surface area (Å²) in [6.45, 7) is -1.57. The Hall–Kier alpha value is -0.970. The van der Waals surface area contributed by atoms with Gasteiger partial charge < -0.3 is 5.73 Å². The normalized spacial score (nSPS) is 10.2. The van der Waals surface area contributed by atoms with Gasteiger partial charge in [0.25, 0.3) is 0 Å². The number of hydrogen-bond donors (Lipinski definition) is 1. The molecule has 0 aliphatic carbocycles. The second-order valence-corrected chi connectivity index (χ2v) is 3.49. The SMILES string of the molecule is NC(=O)c1ccc(CF)c(Br)c1CF. The van der Waals surface area contributed by atoms with Crippen LogP contribution in [0.1, 0.15) is 21.5 Å². The van der Waals surface area contributed by atoms with Gasteiger partial charge in [-0.25, -0.2) is 8.78 Å². The first kappa shape index (κ1) is 11.1. The van der Waals surface area contributed by atoms with Crippen LogP contribution in [0.2, 0.25) is 0 Å². The van der Waals surface area contributed by atoms with Gasteiger partial charge in [-0.15, -0.1) is 0 Å². The first-order valence-electron chi connectivity index (χ1n) is 3.83. The summed E-state index contributed by atoms with van der Waals surface area (Å²) >= 11 is 3.03. The van der Waals surface area contributed by atoms with Gasteiger partial charge in [-0.05, 0) is 11.6 Å². The van der Waals surface area contributed by atoms with Gasteiger partial charge in [-0.3, -0.25) is 4.79 Å². The third-order valence-corrected chi connectivity index (χ3v) is 2.85. The van der Waals surface area contributed by atoms with Crippen molar-refractivity contribution >= 4 is 21.8 Å². The van der Waals surface area contributed by atoms with Crippen molar-refractivity contribution < 1.29 is 13.6 Å². The maximum atomic E-state index is 12.6. The van der Waals surface area contributed by atoms with Crippen LogP contribution in [0.4, 0.5) is 8.78 Å². The summed E-state index contributed by atoms with van der Waals surface area (Å²) in [6.07, 6.45) is 0. The molecular formula is C9H8BrF2NO. The van der Waals surface area contributed by atoms with Crippen LogP contribution in [0.3, 0.4) is 0 Å². The first-order valence-corrected chi connectivity index (χ1v) is 4.63. The minimum absolute atomic E-state index is 0.0802. The molecule has 0 bridgehead atoms. The highest BCUT2D eigenvalue weighted by Gasteiger charge is 2.14. The summed E-state index contributed by atoms with van der Waals surface area (Å²) in [5.41, 5.74) is 5.52. The second-order valence-electron chi connectivity index (χ2n) is 2.70. The molecule has 76 valence electrons. The molecule has 5 heteroatoms. The third kappa shape index (κ3) is 1.92. The minimum Gasteiger partial charge on any atom is -0.366 e. The van der Waals surface area contributed by atoms with Crippen molar-refractivity contribution in [3.05, 3.63) is 33.3 Å². The Morgan fingerprint density at radius 2 is 2.00 bits per heavy atom. The van der Waals surface area contributed by atoms with E-state index in [1.54, 1.807) is 0 Å². The third-order valence-electron chi connectivity index (χ3n) is 1.87. The maximum Gasteiger partial charge on any atom is 0.249 e. The number of carbonyl (C=O) groups is 1. The number of benzene rings is 1. The molecule has 0 aromatic heterocycles. The lowest BCUT2D eigenvalue weighted by atomic mass is 10.0. The van der Waals surface area contributed by atoms with Gasteiger partial charge in [0, 0.05) is 15.6 Å². The van der Waals surface area contributed by atoms with Crippen LogP contribution < -0.4 is 5.73 Å². The van der Waals surface area contributed by atoms with Crippen molar-refractivity contribution in [3.8, 4) is 0 Å². The van der Waals surface area contributed by atoms with E-state index < -0.39 is 19.3 Å². The number of rotatable bonds is 3. The lowest BCUT2D eigenvalue weighted by Crippen LogP contribution is -2.14. The Labute approximate surface area is 88.2 Å². The summed E-state index contributed by atoms with van der Waals surface area (Å²) in [5.74, 6) is -0.719. The number of halogens is 3. The lowest BCUT2D eigenvalue weighted by molar-refractivity contribution is 0.0998. The van der Waals surface area contributed by atoms with Crippen molar-refractivity contribution in [2.24, 2.45) is 5.73 Å². The van der Waals surface area contributed by atoms with E-state index in [1.165, 1.54) is 12.1 Å². The van der Waals surface area contributed by atoms with Crippen molar-refractivity contribution in [2.75, 3.05) is 0 Å². The van der Waals surface area contributed by atoms with Crippen LogP contribution in [0.25, 0.3) is 0 Å². The molecule has 0 atom stereocenters. The van der Waals surface area contributed by atoms with E-state index in [1.807, 2.05) is 0 Å². The summed E-state index contributed by atoms with van der Waals surface area (Å²) in [4.78, 5) is 10.9. The van der Waals surface area contributed by atoms with Crippen LogP contribution in [-0.2, 0) is 13.3 Å². The molecule has 0 radical (unpaired) electrons. The first-order chi connectivity index (χ1) is 6.61. The van der Waals surface area contributed by atoms with Gasteiger partial charge >= 0.3 is 0 Å². The number of primary amides is 1. The molecule has 0 aliphatic rings. The lowest BCUT2D eigenvalue weighted by Gasteiger charge is -2.08. The smallest absolute Gasteiger partial charge is 0.249 e. The molecule has 14 heavy (non-hydrogen) atoms. The fourth-order valence-corrected chi connectivity index (χ4v) is 1.69. The zero-order valence-corrected chi connectivity index (χ0v) is 8.77. The Morgan fingerprint density at radius 3 is 2.43 bits per heavy atom. The van der Waals surface area contributed by atoms with E-state index in [0.29, 0.717) is 5.56 Å². The highest BCUT2D eigenvalue weighted by atomic mass is 79.9. The van der Waals surface area contributed by atoms with E-state index in [9.17, 15) is 13.6 Å². The molecule has 0 saturated heterocycles. The summed E-state index contributed by atoms with van der Waals surface area (Å²) in [5, 5.41) is 0. The molecule has 0 spiro atoms. The fourth-order valence-electron chi connectivity index (χ4n) is 1.13. The average molecular weight is 264 g/mol. The summed E-state index contributed by atoms with van der Waals surface area (Å²) in [7, 11) is 0. The highest BCUT2D eigenvalue weighted by molar-refractivity contribution is 9.10. The second kappa shape index (κ2) is 4.50. The van der Waals surface area contributed by atoms with E-state index in [4.69, 9.17) is 5.73 Å². The van der Waals surface area contributed by atoms with Crippen molar-refractivity contribution in [1.82, 2.24) is 0 Å². The van der Waals surface area contributed by atoms with E-state index in [-0.39, 0.29) is 15.6 Å². The van der Waals surface area contributed by atoms with Gasteiger partial charge in [-0.2, -0.15) is 0 Å². The predicted molar refractivity (Wildman–Crippen MR) is 52.3 cm³/mol. The Kier molecular flexibility index (Phi) is 3.57. The standard InChI is InChI=1S/C9H8BrF2NO/c10-8-5(3-11)1-2-6(9(13)14)7(8)4-12/h1-2H,3-4H2,(H2,13,14).